The van der Waals surface area contributed by atoms with Crippen molar-refractivity contribution in [2.75, 3.05) is 18.5 Å². The average Bonchev–Trinajstić information content (AvgIpc) is 2.33. The molecule has 0 spiro atoms. The lowest BCUT2D eigenvalue weighted by Crippen LogP contribution is -2.35. The summed E-state index contributed by atoms with van der Waals surface area (Å²) in [4.78, 5) is 6.77. The Labute approximate surface area is 112 Å². The molecule has 0 aliphatic rings. The highest BCUT2D eigenvalue weighted by Gasteiger charge is 2.12. The molecule has 0 radical (unpaired) electrons. The van der Waals surface area contributed by atoms with Crippen molar-refractivity contribution in [3.63, 3.8) is 0 Å². The van der Waals surface area contributed by atoms with Gasteiger partial charge in [0.2, 0.25) is 0 Å². The van der Waals surface area contributed by atoms with Crippen molar-refractivity contribution < 1.29 is 0 Å². The number of nitrogens with zero attached hydrogens (tertiary/aromatic N) is 2. The van der Waals surface area contributed by atoms with E-state index in [1.54, 1.807) is 0 Å². The highest BCUT2D eigenvalue weighted by atomic mass is 15.2. The molecule has 1 rings (SSSR count). The Morgan fingerprint density at radius 3 is 2.67 bits per heavy atom. The second-order valence-electron chi connectivity index (χ2n) is 5.86. The molecule has 1 heterocycles. The van der Waals surface area contributed by atoms with Crippen LogP contribution in [0.4, 0.5) is 5.82 Å². The summed E-state index contributed by atoms with van der Waals surface area (Å²) < 4.78 is 0. The predicted octanol–water partition coefficient (Wildman–Crippen LogP) is 3.21. The number of aromatic nitrogens is 1. The van der Waals surface area contributed by atoms with E-state index >= 15 is 0 Å². The minimum Gasteiger partial charge on any atom is -0.359 e. The molecule has 0 saturated carbocycles. The van der Waals surface area contributed by atoms with Gasteiger partial charge in [-0.3, -0.25) is 0 Å². The molecule has 1 aromatic rings. The normalized spacial score (nSPS) is 11.6. The van der Waals surface area contributed by atoms with Gasteiger partial charge in [-0.25, -0.2) is 4.98 Å². The summed E-state index contributed by atoms with van der Waals surface area (Å²) in [5.74, 6) is 1.10. The van der Waals surface area contributed by atoms with E-state index in [1.807, 2.05) is 12.3 Å². The molecule has 0 aliphatic carbocycles. The maximum atomic E-state index is 4.52. The summed E-state index contributed by atoms with van der Waals surface area (Å²) in [6.45, 7) is 10.7. The molecule has 0 atom stereocenters. The maximum absolute atomic E-state index is 4.52. The van der Waals surface area contributed by atoms with Crippen LogP contribution in [0.25, 0.3) is 0 Å². The summed E-state index contributed by atoms with van der Waals surface area (Å²) in [5, 5.41) is 3.52. The summed E-state index contributed by atoms with van der Waals surface area (Å²) in [6, 6.07) is 4.17. The highest BCUT2D eigenvalue weighted by molar-refractivity contribution is 5.45. The Balaban J connectivity index is 2.72. The van der Waals surface area contributed by atoms with Gasteiger partial charge in [-0.05, 0) is 33.3 Å². The van der Waals surface area contributed by atoms with Crippen molar-refractivity contribution >= 4 is 5.82 Å². The number of pyridine rings is 1. The summed E-state index contributed by atoms with van der Waals surface area (Å²) in [5.41, 5.74) is 1.40. The van der Waals surface area contributed by atoms with Crippen LogP contribution in [0.1, 0.15) is 46.1 Å². The molecular weight excluding hydrogens is 222 g/mol. The molecule has 3 nitrogen and oxygen atoms in total. The Morgan fingerprint density at radius 2 is 2.06 bits per heavy atom. The number of hydrogen-bond acceptors (Lipinski definition) is 3. The Morgan fingerprint density at radius 1 is 1.33 bits per heavy atom. The van der Waals surface area contributed by atoms with Gasteiger partial charge in [0.25, 0.3) is 0 Å². The fourth-order valence-electron chi connectivity index (χ4n) is 1.77. The largest absolute Gasteiger partial charge is 0.359 e. The molecular formula is C15H27N3. The maximum Gasteiger partial charge on any atom is 0.132 e. The lowest BCUT2D eigenvalue weighted by Gasteiger charge is -2.24. The second-order valence-corrected chi connectivity index (χ2v) is 5.86. The zero-order valence-corrected chi connectivity index (χ0v) is 12.5. The SMILES string of the molecule is CCCCN(C)c1ncccc1CNC(C)(C)C. The quantitative estimate of drug-likeness (QED) is 0.839. The van der Waals surface area contributed by atoms with Crippen LogP contribution in [-0.2, 0) is 6.54 Å². The first-order chi connectivity index (χ1) is 8.44. The smallest absolute Gasteiger partial charge is 0.132 e. The van der Waals surface area contributed by atoms with Crippen molar-refractivity contribution in [1.29, 1.82) is 0 Å². The summed E-state index contributed by atoms with van der Waals surface area (Å²) in [6.07, 6.45) is 4.30. The molecule has 0 bridgehead atoms. The van der Waals surface area contributed by atoms with Crippen molar-refractivity contribution in [2.45, 2.75) is 52.6 Å². The fourth-order valence-corrected chi connectivity index (χ4v) is 1.77. The van der Waals surface area contributed by atoms with Crippen LogP contribution >= 0.6 is 0 Å². The Hall–Kier alpha value is -1.09. The van der Waals surface area contributed by atoms with Gasteiger partial charge >= 0.3 is 0 Å². The molecule has 102 valence electrons. The molecule has 0 unspecified atom stereocenters. The van der Waals surface area contributed by atoms with Crippen LogP contribution in [0, 0.1) is 0 Å². The number of anilines is 1. The van der Waals surface area contributed by atoms with Gasteiger partial charge in [0.05, 0.1) is 0 Å². The van der Waals surface area contributed by atoms with Gasteiger partial charge in [-0.15, -0.1) is 0 Å². The molecule has 18 heavy (non-hydrogen) atoms. The van der Waals surface area contributed by atoms with Crippen molar-refractivity contribution in [1.82, 2.24) is 10.3 Å². The molecule has 0 aliphatic heterocycles. The molecule has 0 saturated heterocycles. The van der Waals surface area contributed by atoms with Crippen LogP contribution in [-0.4, -0.2) is 24.1 Å². The van der Waals surface area contributed by atoms with E-state index in [9.17, 15) is 0 Å². The van der Waals surface area contributed by atoms with E-state index in [2.05, 4.69) is 56.0 Å². The molecule has 3 heteroatoms. The topological polar surface area (TPSA) is 28.2 Å². The van der Waals surface area contributed by atoms with E-state index in [1.165, 1.54) is 18.4 Å². The first kappa shape index (κ1) is 15.0. The summed E-state index contributed by atoms with van der Waals surface area (Å²) >= 11 is 0. The third-order valence-corrected chi connectivity index (χ3v) is 2.89. The lowest BCUT2D eigenvalue weighted by molar-refractivity contribution is 0.424. The second kappa shape index (κ2) is 6.74. The van der Waals surface area contributed by atoms with Crippen LogP contribution in [0.15, 0.2) is 18.3 Å². The van der Waals surface area contributed by atoms with E-state index in [0.717, 1.165) is 18.9 Å². The van der Waals surface area contributed by atoms with E-state index in [-0.39, 0.29) is 5.54 Å². The monoisotopic (exact) mass is 249 g/mol. The number of rotatable bonds is 6. The third-order valence-electron chi connectivity index (χ3n) is 2.89. The zero-order chi connectivity index (χ0) is 13.6. The van der Waals surface area contributed by atoms with Crippen LogP contribution in [0.3, 0.4) is 0 Å². The minimum atomic E-state index is 0.134. The average molecular weight is 249 g/mol. The first-order valence-corrected chi connectivity index (χ1v) is 6.84. The van der Waals surface area contributed by atoms with Gasteiger partial charge in [-0.2, -0.15) is 0 Å². The van der Waals surface area contributed by atoms with Gasteiger partial charge in [0.1, 0.15) is 5.82 Å². The van der Waals surface area contributed by atoms with Gasteiger partial charge < -0.3 is 10.2 Å². The van der Waals surface area contributed by atoms with Gasteiger partial charge in [0, 0.05) is 37.4 Å². The molecule has 0 amide bonds. The Kier molecular flexibility index (Phi) is 5.60. The van der Waals surface area contributed by atoms with Crippen molar-refractivity contribution in [3.8, 4) is 0 Å². The van der Waals surface area contributed by atoms with E-state index in [4.69, 9.17) is 0 Å². The van der Waals surface area contributed by atoms with E-state index in [0.29, 0.717) is 0 Å². The zero-order valence-electron chi connectivity index (χ0n) is 12.5. The number of unbranched alkanes of at least 4 members (excludes halogenated alkanes) is 1. The highest BCUT2D eigenvalue weighted by Crippen LogP contribution is 2.17. The molecule has 1 N–H and O–H groups in total. The summed E-state index contributed by atoms with van der Waals surface area (Å²) in [7, 11) is 2.12. The van der Waals surface area contributed by atoms with Crippen molar-refractivity contribution in [3.05, 3.63) is 23.9 Å². The number of hydrogen-bond donors (Lipinski definition) is 1. The van der Waals surface area contributed by atoms with Crippen molar-refractivity contribution in [2.24, 2.45) is 0 Å². The standard InChI is InChI=1S/C15H27N3/c1-6-7-11-18(5)14-13(9-8-10-16-14)12-17-15(2,3)4/h8-10,17H,6-7,11-12H2,1-5H3. The Bertz CT molecular complexity index is 355. The lowest BCUT2D eigenvalue weighted by atomic mass is 10.1. The first-order valence-electron chi connectivity index (χ1n) is 6.84. The third kappa shape index (κ3) is 5.05. The van der Waals surface area contributed by atoms with Gasteiger partial charge in [-0.1, -0.05) is 19.4 Å². The minimum absolute atomic E-state index is 0.134. The fraction of sp³-hybridized carbons (Fsp3) is 0.667. The van der Waals surface area contributed by atoms with Crippen LogP contribution in [0.2, 0.25) is 0 Å². The molecule has 1 aromatic heterocycles. The predicted molar refractivity (Wildman–Crippen MR) is 79.0 cm³/mol. The van der Waals surface area contributed by atoms with Crippen LogP contribution < -0.4 is 10.2 Å². The van der Waals surface area contributed by atoms with Crippen LogP contribution in [0.5, 0.6) is 0 Å². The number of nitrogens with one attached hydrogen (secondary N) is 1. The van der Waals surface area contributed by atoms with E-state index < -0.39 is 0 Å². The van der Waals surface area contributed by atoms with Gasteiger partial charge in [0.15, 0.2) is 0 Å². The molecule has 0 aromatic carbocycles. The molecule has 0 fully saturated rings.